The van der Waals surface area contributed by atoms with E-state index >= 15 is 0 Å². The average Bonchev–Trinajstić information content (AvgIpc) is 2.37. The fraction of sp³-hybridized carbons (Fsp3) is 0.143. The van der Waals surface area contributed by atoms with Gasteiger partial charge in [-0.3, -0.25) is 9.59 Å². The molecule has 1 atom stereocenters. The molecular formula is C14H13NO3. The van der Waals surface area contributed by atoms with Crippen LogP contribution < -0.4 is 5.32 Å². The molecule has 0 saturated heterocycles. The van der Waals surface area contributed by atoms with Crippen molar-refractivity contribution in [2.75, 3.05) is 0 Å². The summed E-state index contributed by atoms with van der Waals surface area (Å²) < 4.78 is 0. The molecule has 2 N–H and O–H groups in total. The molecule has 2 rings (SSSR count). The standard InChI is InChI=1S/C14H13NO3/c1-9(14(17)18)15-13(16)12-8-4-6-10-5-2-3-7-11(10)12/h2-9H,1H3,(H,15,16)(H,17,18)/t9-/m1/s1. The summed E-state index contributed by atoms with van der Waals surface area (Å²) in [4.78, 5) is 22.7. The molecular weight excluding hydrogens is 230 g/mol. The van der Waals surface area contributed by atoms with Crippen LogP contribution in [-0.4, -0.2) is 23.0 Å². The van der Waals surface area contributed by atoms with E-state index in [9.17, 15) is 9.59 Å². The highest BCUT2D eigenvalue weighted by atomic mass is 16.4. The SMILES string of the molecule is C[C@@H](NC(=O)c1cccc2ccccc12)C(=O)O. The molecule has 0 aliphatic heterocycles. The van der Waals surface area contributed by atoms with Crippen LogP contribution >= 0.6 is 0 Å². The third-order valence-electron chi connectivity index (χ3n) is 2.75. The summed E-state index contributed by atoms with van der Waals surface area (Å²) in [5, 5.41) is 13.0. The summed E-state index contributed by atoms with van der Waals surface area (Å²) in [6, 6.07) is 12.0. The van der Waals surface area contributed by atoms with E-state index in [0.29, 0.717) is 5.56 Å². The van der Waals surface area contributed by atoms with Crippen LogP contribution in [0.4, 0.5) is 0 Å². The predicted molar refractivity (Wildman–Crippen MR) is 68.5 cm³/mol. The van der Waals surface area contributed by atoms with Crippen molar-refractivity contribution in [3.63, 3.8) is 0 Å². The van der Waals surface area contributed by atoms with Crippen molar-refractivity contribution in [1.29, 1.82) is 0 Å². The second-order valence-corrected chi connectivity index (χ2v) is 4.06. The van der Waals surface area contributed by atoms with E-state index in [0.717, 1.165) is 10.8 Å². The monoisotopic (exact) mass is 243 g/mol. The van der Waals surface area contributed by atoms with Gasteiger partial charge in [-0.15, -0.1) is 0 Å². The topological polar surface area (TPSA) is 66.4 Å². The molecule has 1 amide bonds. The maximum absolute atomic E-state index is 12.0. The van der Waals surface area contributed by atoms with Crippen molar-refractivity contribution in [2.24, 2.45) is 0 Å². The van der Waals surface area contributed by atoms with Gasteiger partial charge in [-0.25, -0.2) is 0 Å². The Bertz CT molecular complexity index is 602. The number of carboxylic acids is 1. The van der Waals surface area contributed by atoms with E-state index in [1.54, 1.807) is 12.1 Å². The fourth-order valence-electron chi connectivity index (χ4n) is 1.76. The van der Waals surface area contributed by atoms with Crippen molar-refractivity contribution in [1.82, 2.24) is 5.32 Å². The Hall–Kier alpha value is -2.36. The van der Waals surface area contributed by atoms with Gasteiger partial charge >= 0.3 is 5.97 Å². The Morgan fingerprint density at radius 3 is 2.50 bits per heavy atom. The zero-order valence-corrected chi connectivity index (χ0v) is 9.88. The molecule has 18 heavy (non-hydrogen) atoms. The van der Waals surface area contributed by atoms with E-state index in [1.807, 2.05) is 30.3 Å². The zero-order valence-electron chi connectivity index (χ0n) is 9.88. The van der Waals surface area contributed by atoms with Gasteiger partial charge in [-0.2, -0.15) is 0 Å². The lowest BCUT2D eigenvalue weighted by atomic mass is 10.0. The molecule has 0 heterocycles. The highest BCUT2D eigenvalue weighted by Crippen LogP contribution is 2.18. The molecule has 4 heteroatoms. The lowest BCUT2D eigenvalue weighted by Gasteiger charge is -2.10. The Kier molecular flexibility index (Phi) is 3.28. The van der Waals surface area contributed by atoms with Crippen LogP contribution in [0, 0.1) is 0 Å². The summed E-state index contributed by atoms with van der Waals surface area (Å²) in [5.41, 5.74) is 0.487. The van der Waals surface area contributed by atoms with Crippen molar-refractivity contribution >= 4 is 22.6 Å². The summed E-state index contributed by atoms with van der Waals surface area (Å²) in [7, 11) is 0. The molecule has 0 fully saturated rings. The first kappa shape index (κ1) is 12.1. The second-order valence-electron chi connectivity index (χ2n) is 4.06. The molecule has 0 spiro atoms. The van der Waals surface area contributed by atoms with E-state index in [1.165, 1.54) is 6.92 Å². The van der Waals surface area contributed by atoms with Crippen molar-refractivity contribution in [3.05, 3.63) is 48.0 Å². The normalized spacial score (nSPS) is 12.1. The largest absolute Gasteiger partial charge is 0.480 e. The van der Waals surface area contributed by atoms with Crippen LogP contribution in [0.1, 0.15) is 17.3 Å². The number of carbonyl (C=O) groups is 2. The molecule has 0 bridgehead atoms. The minimum Gasteiger partial charge on any atom is -0.480 e. The molecule has 2 aromatic carbocycles. The quantitative estimate of drug-likeness (QED) is 0.867. The molecule has 0 aromatic heterocycles. The van der Waals surface area contributed by atoms with Gasteiger partial charge in [0.15, 0.2) is 0 Å². The highest BCUT2D eigenvalue weighted by Gasteiger charge is 2.16. The smallest absolute Gasteiger partial charge is 0.325 e. The van der Waals surface area contributed by atoms with Crippen LogP contribution in [0.25, 0.3) is 10.8 Å². The van der Waals surface area contributed by atoms with Gasteiger partial charge in [-0.05, 0) is 23.8 Å². The van der Waals surface area contributed by atoms with E-state index in [4.69, 9.17) is 5.11 Å². The molecule has 0 aliphatic rings. The van der Waals surface area contributed by atoms with Gasteiger partial charge in [0.05, 0.1) is 0 Å². The Morgan fingerprint density at radius 1 is 1.11 bits per heavy atom. The number of nitrogens with one attached hydrogen (secondary N) is 1. The number of rotatable bonds is 3. The molecule has 0 saturated carbocycles. The van der Waals surface area contributed by atoms with Crippen molar-refractivity contribution in [3.8, 4) is 0 Å². The maximum Gasteiger partial charge on any atom is 0.325 e. The van der Waals surface area contributed by atoms with Crippen molar-refractivity contribution in [2.45, 2.75) is 13.0 Å². The van der Waals surface area contributed by atoms with E-state index in [-0.39, 0.29) is 5.91 Å². The maximum atomic E-state index is 12.0. The van der Waals surface area contributed by atoms with Crippen LogP contribution in [0.5, 0.6) is 0 Å². The number of hydrogen-bond donors (Lipinski definition) is 2. The van der Waals surface area contributed by atoms with Gasteiger partial charge in [-0.1, -0.05) is 36.4 Å². The predicted octanol–water partition coefficient (Wildman–Crippen LogP) is 2.04. The first-order chi connectivity index (χ1) is 8.59. The van der Waals surface area contributed by atoms with Gasteiger partial charge in [0.1, 0.15) is 6.04 Å². The molecule has 0 unspecified atom stereocenters. The fourth-order valence-corrected chi connectivity index (χ4v) is 1.76. The molecule has 4 nitrogen and oxygen atoms in total. The first-order valence-corrected chi connectivity index (χ1v) is 5.61. The highest BCUT2D eigenvalue weighted by molar-refractivity contribution is 6.07. The lowest BCUT2D eigenvalue weighted by molar-refractivity contribution is -0.138. The molecule has 0 aliphatic carbocycles. The number of carbonyl (C=O) groups excluding carboxylic acids is 1. The second kappa shape index (κ2) is 4.87. The Balaban J connectivity index is 2.36. The summed E-state index contributed by atoms with van der Waals surface area (Å²) in [5.74, 6) is -1.43. The lowest BCUT2D eigenvalue weighted by Crippen LogP contribution is -2.38. The van der Waals surface area contributed by atoms with Crippen LogP contribution in [0.15, 0.2) is 42.5 Å². The van der Waals surface area contributed by atoms with E-state index < -0.39 is 12.0 Å². The number of aliphatic carboxylic acids is 1. The van der Waals surface area contributed by atoms with Gasteiger partial charge < -0.3 is 10.4 Å². The third-order valence-corrected chi connectivity index (χ3v) is 2.75. The number of benzene rings is 2. The average molecular weight is 243 g/mol. The van der Waals surface area contributed by atoms with Crippen LogP contribution in [0.2, 0.25) is 0 Å². The number of fused-ring (bicyclic) bond motifs is 1. The van der Waals surface area contributed by atoms with Crippen LogP contribution in [0.3, 0.4) is 0 Å². The van der Waals surface area contributed by atoms with E-state index in [2.05, 4.69) is 5.32 Å². The van der Waals surface area contributed by atoms with Gasteiger partial charge in [0.25, 0.3) is 5.91 Å². The zero-order chi connectivity index (χ0) is 13.1. The minimum absolute atomic E-state index is 0.373. The third kappa shape index (κ3) is 2.32. The van der Waals surface area contributed by atoms with Gasteiger partial charge in [0.2, 0.25) is 0 Å². The molecule has 2 aromatic rings. The number of amides is 1. The Labute approximate surface area is 104 Å². The first-order valence-electron chi connectivity index (χ1n) is 5.61. The minimum atomic E-state index is -1.05. The Morgan fingerprint density at radius 2 is 1.78 bits per heavy atom. The number of hydrogen-bond acceptors (Lipinski definition) is 2. The summed E-state index contributed by atoms with van der Waals surface area (Å²) in [6.07, 6.45) is 0. The van der Waals surface area contributed by atoms with Crippen LogP contribution in [-0.2, 0) is 4.79 Å². The van der Waals surface area contributed by atoms with Crippen molar-refractivity contribution < 1.29 is 14.7 Å². The molecule has 0 radical (unpaired) electrons. The van der Waals surface area contributed by atoms with Gasteiger partial charge in [0, 0.05) is 5.56 Å². The number of carboxylic acid groups (broad SMARTS) is 1. The summed E-state index contributed by atoms with van der Waals surface area (Å²) in [6.45, 7) is 1.44. The molecule has 92 valence electrons. The summed E-state index contributed by atoms with van der Waals surface area (Å²) >= 11 is 0.